The van der Waals surface area contributed by atoms with Crippen LogP contribution >= 0.6 is 0 Å². The summed E-state index contributed by atoms with van der Waals surface area (Å²) in [6.07, 6.45) is 4.58. The monoisotopic (exact) mass is 284 g/mol. The Morgan fingerprint density at radius 2 is 1.89 bits per heavy atom. The Bertz CT molecular complexity index is 613. The normalized spacial score (nSPS) is 10.7. The lowest BCUT2D eigenvalue weighted by molar-refractivity contribution is 0.381. The first kappa shape index (κ1) is 15.4. The highest BCUT2D eigenvalue weighted by atomic mass is 32.3. The summed E-state index contributed by atoms with van der Waals surface area (Å²) in [7, 11) is -4.67. The quantitative estimate of drug-likeness (QED) is 0.731. The largest absolute Gasteiger partial charge is 0.394 e. The SMILES string of the molecule is Cc1cccc(Cc2c[nH]cn2)c1C.O=S(=O)(O)O. The lowest BCUT2D eigenvalue weighted by atomic mass is 10.0. The smallest absolute Gasteiger partial charge is 0.351 e. The number of hydrogen-bond acceptors (Lipinski definition) is 3. The molecule has 0 aliphatic heterocycles. The zero-order chi connectivity index (χ0) is 14.5. The van der Waals surface area contributed by atoms with Crippen LogP contribution in [0, 0.1) is 13.8 Å². The Balaban J connectivity index is 0.000000312. The van der Waals surface area contributed by atoms with E-state index in [4.69, 9.17) is 17.5 Å². The van der Waals surface area contributed by atoms with Crippen LogP contribution in [0.15, 0.2) is 30.7 Å². The van der Waals surface area contributed by atoms with Gasteiger partial charge in [0.05, 0.1) is 12.0 Å². The first-order valence-electron chi connectivity index (χ1n) is 5.50. The van der Waals surface area contributed by atoms with E-state index in [0.29, 0.717) is 0 Å². The number of imidazole rings is 1. The van der Waals surface area contributed by atoms with Gasteiger partial charge in [-0.3, -0.25) is 9.11 Å². The summed E-state index contributed by atoms with van der Waals surface area (Å²) in [6.45, 7) is 4.31. The molecule has 0 fully saturated rings. The number of H-pyrrole nitrogens is 1. The van der Waals surface area contributed by atoms with Gasteiger partial charge in [0.15, 0.2) is 0 Å². The van der Waals surface area contributed by atoms with Gasteiger partial charge in [-0.2, -0.15) is 8.42 Å². The molecule has 104 valence electrons. The van der Waals surface area contributed by atoms with E-state index >= 15 is 0 Å². The van der Waals surface area contributed by atoms with Gasteiger partial charge in [-0.1, -0.05) is 18.2 Å². The van der Waals surface area contributed by atoms with Crippen LogP contribution in [0.25, 0.3) is 0 Å². The lowest BCUT2D eigenvalue weighted by Crippen LogP contribution is -1.93. The second kappa shape index (κ2) is 6.46. The van der Waals surface area contributed by atoms with E-state index in [0.717, 1.165) is 12.1 Å². The van der Waals surface area contributed by atoms with Crippen molar-refractivity contribution in [3.8, 4) is 0 Å². The Hall–Kier alpha value is -1.70. The summed E-state index contributed by atoms with van der Waals surface area (Å²) in [5, 5.41) is 0. The van der Waals surface area contributed by atoms with Gasteiger partial charge in [-0.25, -0.2) is 4.98 Å². The maximum atomic E-state index is 8.74. The Kier molecular flexibility index (Phi) is 5.22. The van der Waals surface area contributed by atoms with Crippen LogP contribution in [0.3, 0.4) is 0 Å². The summed E-state index contributed by atoms with van der Waals surface area (Å²) in [4.78, 5) is 7.20. The maximum absolute atomic E-state index is 8.74. The lowest BCUT2D eigenvalue weighted by Gasteiger charge is -2.06. The fraction of sp³-hybridized carbons (Fsp3) is 0.250. The summed E-state index contributed by atoms with van der Waals surface area (Å²) < 4.78 is 31.6. The molecule has 6 nitrogen and oxygen atoms in total. The van der Waals surface area contributed by atoms with Gasteiger partial charge in [-0.05, 0) is 30.5 Å². The van der Waals surface area contributed by atoms with Gasteiger partial charge in [0.1, 0.15) is 0 Å². The van der Waals surface area contributed by atoms with Crippen molar-refractivity contribution in [2.75, 3.05) is 0 Å². The molecule has 0 spiro atoms. The molecule has 2 rings (SSSR count). The molecule has 0 bridgehead atoms. The molecule has 0 aliphatic carbocycles. The van der Waals surface area contributed by atoms with E-state index in [-0.39, 0.29) is 0 Å². The standard InChI is InChI=1S/C12H14N2.H2O4S/c1-9-4-3-5-11(10(9)2)6-12-7-13-8-14-12;1-5(2,3)4/h3-5,7-8H,6H2,1-2H3,(H,13,14);(H2,1,2,3,4). The number of aromatic nitrogens is 2. The number of aryl methyl sites for hydroxylation is 1. The number of nitrogens with one attached hydrogen (secondary N) is 1. The summed E-state index contributed by atoms with van der Waals surface area (Å²) >= 11 is 0. The minimum atomic E-state index is -4.67. The molecule has 0 unspecified atom stereocenters. The van der Waals surface area contributed by atoms with E-state index < -0.39 is 10.4 Å². The third-order valence-electron chi connectivity index (χ3n) is 2.64. The molecule has 0 amide bonds. The van der Waals surface area contributed by atoms with Crippen LogP contribution in [0.4, 0.5) is 0 Å². The predicted octanol–water partition coefficient (Wildman–Crippen LogP) is 1.96. The van der Waals surface area contributed by atoms with Crippen molar-refractivity contribution in [1.29, 1.82) is 0 Å². The summed E-state index contributed by atoms with van der Waals surface area (Å²) in [5.74, 6) is 0. The van der Waals surface area contributed by atoms with Crippen LogP contribution in [0.5, 0.6) is 0 Å². The third kappa shape index (κ3) is 6.14. The predicted molar refractivity (Wildman–Crippen MR) is 71.5 cm³/mol. The Labute approximate surface area is 112 Å². The fourth-order valence-electron chi connectivity index (χ4n) is 1.59. The molecule has 7 heteroatoms. The highest BCUT2D eigenvalue weighted by Gasteiger charge is 2.02. The highest BCUT2D eigenvalue weighted by Crippen LogP contribution is 2.15. The molecule has 1 aromatic heterocycles. The number of rotatable bonds is 2. The first-order chi connectivity index (χ1) is 8.77. The molecular formula is C12H16N2O4S. The summed E-state index contributed by atoms with van der Waals surface area (Å²) in [6, 6.07) is 6.41. The van der Waals surface area contributed by atoms with Gasteiger partial charge in [0, 0.05) is 12.6 Å². The molecule has 19 heavy (non-hydrogen) atoms. The molecule has 0 atom stereocenters. The van der Waals surface area contributed by atoms with Crippen LogP contribution in [-0.4, -0.2) is 27.5 Å². The third-order valence-corrected chi connectivity index (χ3v) is 2.64. The van der Waals surface area contributed by atoms with Crippen LogP contribution in [0.1, 0.15) is 22.4 Å². The molecule has 2 aromatic rings. The fourth-order valence-corrected chi connectivity index (χ4v) is 1.59. The number of benzene rings is 1. The van der Waals surface area contributed by atoms with Crippen molar-refractivity contribution in [2.24, 2.45) is 0 Å². The molecular weight excluding hydrogens is 268 g/mol. The minimum absolute atomic E-state index is 0.914. The molecule has 0 radical (unpaired) electrons. The van der Waals surface area contributed by atoms with Gasteiger partial charge in [0.25, 0.3) is 0 Å². The van der Waals surface area contributed by atoms with Crippen molar-refractivity contribution in [2.45, 2.75) is 20.3 Å². The molecule has 0 saturated carbocycles. The zero-order valence-electron chi connectivity index (χ0n) is 10.7. The first-order valence-corrected chi connectivity index (χ1v) is 6.89. The van der Waals surface area contributed by atoms with Crippen molar-refractivity contribution in [1.82, 2.24) is 9.97 Å². The van der Waals surface area contributed by atoms with Gasteiger partial charge < -0.3 is 4.98 Å². The molecule has 3 N–H and O–H groups in total. The van der Waals surface area contributed by atoms with Crippen molar-refractivity contribution < 1.29 is 17.5 Å². The van der Waals surface area contributed by atoms with Crippen molar-refractivity contribution in [3.63, 3.8) is 0 Å². The van der Waals surface area contributed by atoms with Crippen molar-refractivity contribution >= 4 is 10.4 Å². The molecule has 0 aliphatic rings. The minimum Gasteiger partial charge on any atom is -0.351 e. The second-order valence-corrected chi connectivity index (χ2v) is 4.94. The number of hydrogen-bond donors (Lipinski definition) is 3. The zero-order valence-corrected chi connectivity index (χ0v) is 11.5. The van der Waals surface area contributed by atoms with Crippen LogP contribution in [-0.2, 0) is 16.8 Å². The highest BCUT2D eigenvalue weighted by molar-refractivity contribution is 7.79. The molecule has 1 heterocycles. The Morgan fingerprint density at radius 3 is 2.42 bits per heavy atom. The van der Waals surface area contributed by atoms with Crippen LogP contribution in [0.2, 0.25) is 0 Å². The van der Waals surface area contributed by atoms with E-state index in [1.807, 2.05) is 6.20 Å². The molecule has 1 aromatic carbocycles. The van der Waals surface area contributed by atoms with Crippen LogP contribution < -0.4 is 0 Å². The Morgan fingerprint density at radius 1 is 1.26 bits per heavy atom. The topological polar surface area (TPSA) is 103 Å². The summed E-state index contributed by atoms with van der Waals surface area (Å²) in [5.41, 5.74) is 5.17. The van der Waals surface area contributed by atoms with E-state index in [9.17, 15) is 0 Å². The van der Waals surface area contributed by atoms with E-state index in [2.05, 4.69) is 42.0 Å². The van der Waals surface area contributed by atoms with E-state index in [1.54, 1.807) is 6.33 Å². The number of nitrogens with zero attached hydrogens (tertiary/aromatic N) is 1. The average molecular weight is 284 g/mol. The average Bonchev–Trinajstić information content (AvgIpc) is 2.75. The number of aromatic amines is 1. The van der Waals surface area contributed by atoms with E-state index in [1.165, 1.54) is 16.7 Å². The van der Waals surface area contributed by atoms with Crippen molar-refractivity contribution in [3.05, 3.63) is 53.1 Å². The maximum Gasteiger partial charge on any atom is 0.394 e. The molecule has 0 saturated heterocycles. The van der Waals surface area contributed by atoms with Gasteiger partial charge >= 0.3 is 10.4 Å². The van der Waals surface area contributed by atoms with Gasteiger partial charge in [-0.15, -0.1) is 0 Å². The van der Waals surface area contributed by atoms with Gasteiger partial charge in [0.2, 0.25) is 0 Å². The second-order valence-electron chi connectivity index (χ2n) is 4.04.